The molecule has 4 bridgehead atoms. The Balaban J connectivity index is 1.28. The number of carbonyl (C=O) groups excluding carboxylic acids is 2. The SMILES string of the molecule is CC1(C)C2CCC1(CS(=O)(=O)N1CCN(S(=O)(=O)CC34CCC(CC3=O)C4(C)C)CC1)C(=O)C2. The Bertz CT molecular complexity index is 1050. The van der Waals surface area contributed by atoms with E-state index in [2.05, 4.69) is 0 Å². The second-order valence-corrected chi connectivity index (χ2v) is 16.6. The molecule has 0 N–H and O–H groups in total. The highest BCUT2D eigenvalue weighted by Gasteiger charge is 2.67. The van der Waals surface area contributed by atoms with Crippen LogP contribution >= 0.6 is 0 Å². The lowest BCUT2D eigenvalue weighted by atomic mass is 9.70. The van der Waals surface area contributed by atoms with Crippen molar-refractivity contribution in [3.8, 4) is 0 Å². The highest BCUT2D eigenvalue weighted by molar-refractivity contribution is 7.89. The summed E-state index contributed by atoms with van der Waals surface area (Å²) in [7, 11) is -7.41. The number of piperazine rings is 1. The molecular weight excluding hydrogens is 476 g/mol. The Kier molecular flexibility index (Phi) is 5.37. The molecule has 5 aliphatic rings. The van der Waals surface area contributed by atoms with Crippen LogP contribution in [0.1, 0.15) is 66.2 Å². The number of sulfonamides is 2. The van der Waals surface area contributed by atoms with Crippen molar-refractivity contribution in [2.24, 2.45) is 33.5 Å². The van der Waals surface area contributed by atoms with Crippen LogP contribution in [0.5, 0.6) is 0 Å². The molecule has 1 heterocycles. The van der Waals surface area contributed by atoms with E-state index in [1.807, 2.05) is 27.7 Å². The molecule has 8 nitrogen and oxygen atoms in total. The van der Waals surface area contributed by atoms with E-state index >= 15 is 0 Å². The van der Waals surface area contributed by atoms with Gasteiger partial charge in [0.2, 0.25) is 20.0 Å². The lowest BCUT2D eigenvalue weighted by Crippen LogP contribution is -2.55. The number of hydrogen-bond donors (Lipinski definition) is 0. The summed E-state index contributed by atoms with van der Waals surface area (Å²) in [4.78, 5) is 25.7. The lowest BCUT2D eigenvalue weighted by Gasteiger charge is -2.41. The summed E-state index contributed by atoms with van der Waals surface area (Å²) in [5.41, 5.74) is -2.32. The number of ketones is 2. The van der Waals surface area contributed by atoms with E-state index in [1.165, 1.54) is 8.61 Å². The van der Waals surface area contributed by atoms with Crippen LogP contribution in [-0.2, 0) is 29.6 Å². The van der Waals surface area contributed by atoms with Gasteiger partial charge >= 0.3 is 0 Å². The molecule has 4 atom stereocenters. The van der Waals surface area contributed by atoms with Gasteiger partial charge in [0.1, 0.15) is 11.6 Å². The molecular formula is C24H38N2O6S2. The molecule has 0 aromatic heterocycles. The zero-order chi connectivity index (χ0) is 24.9. The van der Waals surface area contributed by atoms with E-state index in [-0.39, 0.29) is 71.9 Å². The molecule has 0 aromatic carbocycles. The van der Waals surface area contributed by atoms with Gasteiger partial charge in [-0.1, -0.05) is 27.7 Å². The Morgan fingerprint density at radius 1 is 0.676 bits per heavy atom. The average molecular weight is 515 g/mol. The van der Waals surface area contributed by atoms with E-state index in [9.17, 15) is 26.4 Å². The van der Waals surface area contributed by atoms with Crippen molar-refractivity contribution < 1.29 is 26.4 Å². The highest BCUT2D eigenvalue weighted by atomic mass is 32.2. The maximum absolute atomic E-state index is 13.4. The van der Waals surface area contributed by atoms with Gasteiger partial charge in [-0.05, 0) is 48.3 Å². The van der Waals surface area contributed by atoms with Crippen molar-refractivity contribution in [3.05, 3.63) is 0 Å². The minimum Gasteiger partial charge on any atom is -0.299 e. The van der Waals surface area contributed by atoms with Crippen LogP contribution in [0, 0.1) is 33.5 Å². The standard InChI is InChI=1S/C24H38N2O6S2/c1-21(2)17-5-7-23(21,19(27)13-17)15-33(29,30)25-9-11-26(12-10-25)34(31,32)16-24-8-6-18(14-20(24)28)22(24,3)4/h17-18H,5-16H2,1-4H3. The number of carbonyl (C=O) groups is 2. The van der Waals surface area contributed by atoms with E-state index in [1.54, 1.807) is 0 Å². The number of fused-ring (bicyclic) bond motifs is 4. The quantitative estimate of drug-likeness (QED) is 0.537. The number of nitrogens with zero attached hydrogens (tertiary/aromatic N) is 2. The molecule has 10 heteroatoms. The van der Waals surface area contributed by atoms with Gasteiger partial charge in [0.15, 0.2) is 0 Å². The van der Waals surface area contributed by atoms with Gasteiger partial charge in [-0.15, -0.1) is 0 Å². The van der Waals surface area contributed by atoms with Crippen LogP contribution in [-0.4, -0.2) is 74.7 Å². The zero-order valence-corrected chi connectivity index (χ0v) is 22.4. The molecule has 0 aromatic rings. The van der Waals surface area contributed by atoms with Crippen molar-refractivity contribution in [1.29, 1.82) is 0 Å². The Morgan fingerprint density at radius 3 is 1.24 bits per heavy atom. The molecule has 0 spiro atoms. The van der Waals surface area contributed by atoms with Gasteiger partial charge in [-0.3, -0.25) is 9.59 Å². The summed E-state index contributed by atoms with van der Waals surface area (Å²) in [6, 6.07) is 0. The van der Waals surface area contributed by atoms with Crippen molar-refractivity contribution in [2.75, 3.05) is 37.7 Å². The van der Waals surface area contributed by atoms with Crippen LogP contribution in [0.4, 0.5) is 0 Å². The van der Waals surface area contributed by atoms with Crippen molar-refractivity contribution in [1.82, 2.24) is 8.61 Å². The smallest absolute Gasteiger partial charge is 0.215 e. The molecule has 1 saturated heterocycles. The van der Waals surface area contributed by atoms with Crippen LogP contribution in [0.25, 0.3) is 0 Å². The maximum atomic E-state index is 13.4. The normalized spacial score (nSPS) is 39.9. The van der Waals surface area contributed by atoms with E-state index in [4.69, 9.17) is 0 Å². The summed E-state index contributed by atoms with van der Waals surface area (Å²) >= 11 is 0. The van der Waals surface area contributed by atoms with Crippen LogP contribution in [0.3, 0.4) is 0 Å². The van der Waals surface area contributed by atoms with Crippen LogP contribution < -0.4 is 0 Å². The summed E-state index contributed by atoms with van der Waals surface area (Å²) in [6.45, 7) is 8.43. The van der Waals surface area contributed by atoms with Gasteiger partial charge in [-0.25, -0.2) is 16.8 Å². The van der Waals surface area contributed by atoms with Gasteiger partial charge < -0.3 is 0 Å². The largest absolute Gasteiger partial charge is 0.299 e. The molecule has 4 saturated carbocycles. The molecule has 5 rings (SSSR count). The van der Waals surface area contributed by atoms with Crippen molar-refractivity contribution in [3.63, 3.8) is 0 Å². The zero-order valence-electron chi connectivity index (χ0n) is 20.8. The molecule has 34 heavy (non-hydrogen) atoms. The third-order valence-corrected chi connectivity index (χ3v) is 15.1. The number of hydrogen-bond acceptors (Lipinski definition) is 6. The first-order valence-corrected chi connectivity index (χ1v) is 15.8. The summed E-state index contributed by atoms with van der Waals surface area (Å²) in [5.74, 6) is 0.265. The first-order valence-electron chi connectivity index (χ1n) is 12.6. The van der Waals surface area contributed by atoms with Gasteiger partial charge in [-0.2, -0.15) is 8.61 Å². The van der Waals surface area contributed by atoms with Gasteiger partial charge in [0.05, 0.1) is 11.5 Å². The third-order valence-electron chi connectivity index (χ3n) is 11.1. The fourth-order valence-corrected chi connectivity index (χ4v) is 12.7. The van der Waals surface area contributed by atoms with Crippen molar-refractivity contribution in [2.45, 2.75) is 66.2 Å². The second-order valence-electron chi connectivity index (χ2n) is 12.6. The predicted octanol–water partition coefficient (Wildman–Crippen LogP) is 2.05. The molecule has 1 aliphatic heterocycles. The van der Waals surface area contributed by atoms with Gasteiger partial charge in [0, 0.05) is 49.9 Å². The molecule has 4 unspecified atom stereocenters. The topological polar surface area (TPSA) is 109 Å². The minimum absolute atomic E-state index is 0.0662. The first-order chi connectivity index (χ1) is 15.6. The highest BCUT2D eigenvalue weighted by Crippen LogP contribution is 2.65. The second kappa shape index (κ2) is 7.35. The Hall–Kier alpha value is -0.840. The van der Waals surface area contributed by atoms with Crippen LogP contribution in [0.2, 0.25) is 0 Å². The van der Waals surface area contributed by atoms with E-state index in [0.29, 0.717) is 25.7 Å². The maximum Gasteiger partial charge on any atom is 0.215 e. The first kappa shape index (κ1) is 24.8. The summed E-state index contributed by atoms with van der Waals surface area (Å²) in [5, 5.41) is 0. The lowest BCUT2D eigenvalue weighted by molar-refractivity contribution is -0.128. The molecule has 192 valence electrons. The third kappa shape index (κ3) is 3.13. The average Bonchev–Trinajstić information content (AvgIpc) is 3.26. The number of rotatable bonds is 6. The molecule has 0 amide bonds. The minimum atomic E-state index is -3.71. The monoisotopic (exact) mass is 514 g/mol. The molecule has 5 fully saturated rings. The van der Waals surface area contributed by atoms with Crippen LogP contribution in [0.15, 0.2) is 0 Å². The Morgan fingerprint density at radius 2 is 1.00 bits per heavy atom. The summed E-state index contributed by atoms with van der Waals surface area (Å²) in [6.07, 6.45) is 3.93. The van der Waals surface area contributed by atoms with Gasteiger partial charge in [0.25, 0.3) is 0 Å². The predicted molar refractivity (Wildman–Crippen MR) is 128 cm³/mol. The van der Waals surface area contributed by atoms with E-state index < -0.39 is 30.9 Å². The number of Topliss-reactive ketones (excluding diaryl/α,β-unsaturated/α-hetero) is 2. The fraction of sp³-hybridized carbons (Fsp3) is 0.917. The molecule has 4 aliphatic carbocycles. The Labute approximate surface area is 203 Å². The van der Waals surface area contributed by atoms with E-state index in [0.717, 1.165) is 12.8 Å². The summed E-state index contributed by atoms with van der Waals surface area (Å²) < 4.78 is 56.3. The van der Waals surface area contributed by atoms with Crippen molar-refractivity contribution >= 4 is 31.6 Å². The fourth-order valence-electron chi connectivity index (χ4n) is 8.25. The molecule has 0 radical (unpaired) electrons.